The van der Waals surface area contributed by atoms with Crippen LogP contribution in [-0.2, 0) is 11.3 Å². The van der Waals surface area contributed by atoms with E-state index in [9.17, 15) is 9.18 Å². The van der Waals surface area contributed by atoms with Crippen LogP contribution in [0.3, 0.4) is 0 Å². The summed E-state index contributed by atoms with van der Waals surface area (Å²) in [6.45, 7) is 8.99. The van der Waals surface area contributed by atoms with Crippen molar-refractivity contribution in [3.05, 3.63) is 34.5 Å². The Morgan fingerprint density at radius 1 is 1.29 bits per heavy atom. The molecule has 1 N–H and O–H groups in total. The molecule has 2 unspecified atom stereocenters. The first-order chi connectivity index (χ1) is 13.5. The SMILES string of the molecule is COCc1c(C(=O)NCCCCN2CC(C)CC(C)C2)sc2cccc(F)c12. The Bertz CT molecular complexity index is 797. The van der Waals surface area contributed by atoms with Crippen LogP contribution in [0.4, 0.5) is 4.39 Å². The quantitative estimate of drug-likeness (QED) is 0.648. The molecule has 6 heteroatoms. The highest BCUT2D eigenvalue weighted by atomic mass is 32.1. The number of nitrogens with zero attached hydrogens (tertiary/aromatic N) is 1. The molecule has 2 atom stereocenters. The van der Waals surface area contributed by atoms with Gasteiger partial charge in [-0.3, -0.25) is 4.79 Å². The topological polar surface area (TPSA) is 41.6 Å². The number of hydrogen-bond acceptors (Lipinski definition) is 4. The zero-order valence-corrected chi connectivity index (χ0v) is 17.9. The maximum atomic E-state index is 14.2. The molecular formula is C22H31FN2O2S. The third-order valence-electron chi connectivity index (χ3n) is 5.39. The number of likely N-dealkylation sites (tertiary alicyclic amines) is 1. The molecule has 1 aromatic carbocycles. The van der Waals surface area contributed by atoms with Gasteiger partial charge in [0.05, 0.1) is 11.5 Å². The number of amides is 1. The Morgan fingerprint density at radius 2 is 2.04 bits per heavy atom. The van der Waals surface area contributed by atoms with Gasteiger partial charge in [0, 0.05) is 42.4 Å². The number of piperidine rings is 1. The second-order valence-corrected chi connectivity index (χ2v) is 9.18. The van der Waals surface area contributed by atoms with Crippen LogP contribution >= 0.6 is 11.3 Å². The lowest BCUT2D eigenvalue weighted by atomic mass is 9.92. The number of carbonyl (C=O) groups excluding carboxylic acids is 1. The fraction of sp³-hybridized carbons (Fsp3) is 0.591. The number of benzene rings is 1. The van der Waals surface area contributed by atoms with E-state index in [1.165, 1.54) is 36.9 Å². The van der Waals surface area contributed by atoms with Gasteiger partial charge in [0.15, 0.2) is 0 Å². The molecule has 1 aliphatic rings. The molecule has 0 saturated carbocycles. The van der Waals surface area contributed by atoms with Gasteiger partial charge in [-0.1, -0.05) is 19.9 Å². The number of fused-ring (bicyclic) bond motifs is 1. The summed E-state index contributed by atoms with van der Waals surface area (Å²) < 4.78 is 20.3. The van der Waals surface area contributed by atoms with Crippen LogP contribution in [0.25, 0.3) is 10.1 Å². The predicted octanol–water partition coefficient (Wildman–Crippen LogP) is 4.67. The molecule has 154 valence electrons. The maximum absolute atomic E-state index is 14.2. The number of hydrogen-bond donors (Lipinski definition) is 1. The molecule has 2 heterocycles. The molecule has 1 fully saturated rings. The smallest absolute Gasteiger partial charge is 0.261 e. The fourth-order valence-electron chi connectivity index (χ4n) is 4.35. The van der Waals surface area contributed by atoms with Crippen LogP contribution in [0.2, 0.25) is 0 Å². The van der Waals surface area contributed by atoms with Crippen molar-refractivity contribution >= 4 is 27.3 Å². The zero-order chi connectivity index (χ0) is 20.1. The van der Waals surface area contributed by atoms with Crippen LogP contribution in [0.5, 0.6) is 0 Å². The van der Waals surface area contributed by atoms with Crippen molar-refractivity contribution in [2.75, 3.05) is 33.3 Å². The lowest BCUT2D eigenvalue weighted by molar-refractivity contribution is 0.0951. The van der Waals surface area contributed by atoms with E-state index >= 15 is 0 Å². The van der Waals surface area contributed by atoms with Crippen molar-refractivity contribution in [2.24, 2.45) is 11.8 Å². The summed E-state index contributed by atoms with van der Waals surface area (Å²) in [5.41, 5.74) is 0.648. The lowest BCUT2D eigenvalue weighted by Crippen LogP contribution is -2.39. The van der Waals surface area contributed by atoms with Crippen molar-refractivity contribution in [3.63, 3.8) is 0 Å². The van der Waals surface area contributed by atoms with Gasteiger partial charge in [0.2, 0.25) is 0 Å². The standard InChI is InChI=1S/C22H31FN2O2S/c1-15-11-16(2)13-25(12-15)10-5-4-9-24-22(26)21-17(14-27-3)20-18(23)7-6-8-19(20)28-21/h6-8,15-16H,4-5,9-14H2,1-3H3,(H,24,26). The van der Waals surface area contributed by atoms with Gasteiger partial charge in [0.1, 0.15) is 5.82 Å². The van der Waals surface area contributed by atoms with Gasteiger partial charge in [-0.2, -0.15) is 0 Å². The molecule has 4 nitrogen and oxygen atoms in total. The van der Waals surface area contributed by atoms with Crippen molar-refractivity contribution in [2.45, 2.75) is 39.7 Å². The third-order valence-corrected chi connectivity index (χ3v) is 6.59. The third kappa shape index (κ3) is 5.10. The molecule has 28 heavy (non-hydrogen) atoms. The number of carbonyl (C=O) groups is 1. The maximum Gasteiger partial charge on any atom is 0.261 e. The molecule has 0 bridgehead atoms. The Hall–Kier alpha value is -1.50. The molecule has 0 radical (unpaired) electrons. The van der Waals surface area contributed by atoms with E-state index in [0.29, 0.717) is 22.4 Å². The first-order valence-electron chi connectivity index (χ1n) is 10.2. The highest BCUT2D eigenvalue weighted by molar-refractivity contribution is 7.21. The Morgan fingerprint density at radius 3 is 2.75 bits per heavy atom. The molecule has 1 aliphatic heterocycles. The van der Waals surface area contributed by atoms with E-state index in [1.54, 1.807) is 13.2 Å². The van der Waals surface area contributed by atoms with Gasteiger partial charge in [-0.25, -0.2) is 4.39 Å². The monoisotopic (exact) mass is 406 g/mol. The van der Waals surface area contributed by atoms with Crippen LogP contribution in [0.1, 0.15) is 48.3 Å². The number of rotatable bonds is 8. The Labute approximate surface area is 171 Å². The molecular weight excluding hydrogens is 375 g/mol. The van der Waals surface area contributed by atoms with Crippen molar-refractivity contribution in [1.29, 1.82) is 0 Å². The summed E-state index contributed by atoms with van der Waals surface area (Å²) in [7, 11) is 1.56. The summed E-state index contributed by atoms with van der Waals surface area (Å²) in [5, 5.41) is 3.52. The Balaban J connectivity index is 1.52. The van der Waals surface area contributed by atoms with Gasteiger partial charge in [-0.05, 0) is 49.8 Å². The fourth-order valence-corrected chi connectivity index (χ4v) is 5.49. The number of methoxy groups -OCH3 is 1. The minimum absolute atomic E-state index is 0.132. The molecule has 1 amide bonds. The summed E-state index contributed by atoms with van der Waals surface area (Å²) in [6.07, 6.45) is 3.35. The van der Waals surface area contributed by atoms with Crippen LogP contribution < -0.4 is 5.32 Å². The van der Waals surface area contributed by atoms with Crippen LogP contribution in [0, 0.1) is 17.7 Å². The molecule has 0 aliphatic carbocycles. The summed E-state index contributed by atoms with van der Waals surface area (Å²) in [6, 6.07) is 4.95. The minimum Gasteiger partial charge on any atom is -0.380 e. The second-order valence-electron chi connectivity index (χ2n) is 8.12. The number of unbranched alkanes of at least 4 members (excludes halogenated alkanes) is 1. The normalized spacial score (nSPS) is 20.6. The van der Waals surface area contributed by atoms with Gasteiger partial charge in [-0.15, -0.1) is 11.3 Å². The number of nitrogens with one attached hydrogen (secondary N) is 1. The lowest BCUT2D eigenvalue weighted by Gasteiger charge is -2.34. The molecule has 1 saturated heterocycles. The van der Waals surface area contributed by atoms with Crippen molar-refractivity contribution < 1.29 is 13.9 Å². The first-order valence-corrected chi connectivity index (χ1v) is 11.0. The highest BCUT2D eigenvalue weighted by Crippen LogP contribution is 2.33. The van der Waals surface area contributed by atoms with E-state index in [-0.39, 0.29) is 18.3 Å². The molecule has 2 aromatic rings. The van der Waals surface area contributed by atoms with Gasteiger partial charge >= 0.3 is 0 Å². The minimum atomic E-state index is -0.301. The summed E-state index contributed by atoms with van der Waals surface area (Å²) in [4.78, 5) is 15.8. The summed E-state index contributed by atoms with van der Waals surface area (Å²) in [5.74, 6) is 1.12. The number of halogens is 1. The Kier molecular flexibility index (Phi) is 7.43. The van der Waals surface area contributed by atoms with Crippen LogP contribution in [-0.4, -0.2) is 44.1 Å². The van der Waals surface area contributed by atoms with E-state index in [0.717, 1.165) is 35.9 Å². The van der Waals surface area contributed by atoms with Gasteiger partial charge < -0.3 is 15.0 Å². The number of ether oxygens (including phenoxy) is 1. The van der Waals surface area contributed by atoms with E-state index < -0.39 is 0 Å². The van der Waals surface area contributed by atoms with Crippen LogP contribution in [0.15, 0.2) is 18.2 Å². The molecule has 1 aromatic heterocycles. The molecule has 0 spiro atoms. The van der Waals surface area contributed by atoms with E-state index in [2.05, 4.69) is 24.1 Å². The molecule has 3 rings (SSSR count). The number of thiophene rings is 1. The highest BCUT2D eigenvalue weighted by Gasteiger charge is 2.22. The largest absolute Gasteiger partial charge is 0.380 e. The second kappa shape index (κ2) is 9.81. The van der Waals surface area contributed by atoms with Gasteiger partial charge in [0.25, 0.3) is 5.91 Å². The van der Waals surface area contributed by atoms with E-state index in [4.69, 9.17) is 4.74 Å². The first kappa shape index (κ1) is 21.2. The average Bonchev–Trinajstić information content (AvgIpc) is 3.01. The van der Waals surface area contributed by atoms with Crippen molar-refractivity contribution in [1.82, 2.24) is 10.2 Å². The summed E-state index contributed by atoms with van der Waals surface area (Å²) >= 11 is 1.33. The predicted molar refractivity (Wildman–Crippen MR) is 113 cm³/mol. The van der Waals surface area contributed by atoms with Crippen molar-refractivity contribution in [3.8, 4) is 0 Å². The average molecular weight is 407 g/mol. The van der Waals surface area contributed by atoms with E-state index in [1.807, 2.05) is 6.07 Å². The zero-order valence-electron chi connectivity index (χ0n) is 17.1.